The summed E-state index contributed by atoms with van der Waals surface area (Å²) in [5.41, 5.74) is 17.5. The number of hydrogen-bond acceptors (Lipinski definition) is 0. The fraction of sp³-hybridized carbons (Fsp3) is 0.0588. The van der Waals surface area contributed by atoms with Gasteiger partial charge in [-0.25, -0.2) is 0 Å². The quantitative estimate of drug-likeness (QED) is 0.157. The maximum atomic E-state index is 2.45. The fourth-order valence-electron chi connectivity index (χ4n) is 8.00. The van der Waals surface area contributed by atoms with Crippen LogP contribution in [-0.2, 0) is 5.41 Å². The molecule has 0 atom stereocenters. The van der Waals surface area contributed by atoms with Gasteiger partial charge in [0, 0.05) is 5.41 Å². The Labute approximate surface area is 301 Å². The first-order chi connectivity index (χ1) is 25.0. The number of hydrogen-bond donors (Lipinski definition) is 0. The van der Waals surface area contributed by atoms with Gasteiger partial charge < -0.3 is 0 Å². The Balaban J connectivity index is 1.22. The molecule has 8 aromatic carbocycles. The molecule has 8 aromatic rings. The predicted octanol–water partition coefficient (Wildman–Crippen LogP) is 13.7. The summed E-state index contributed by atoms with van der Waals surface area (Å²) in [6, 6.07) is 68.8. The van der Waals surface area contributed by atoms with Crippen LogP contribution in [0.25, 0.3) is 66.9 Å². The molecule has 1 aliphatic carbocycles. The molecule has 0 saturated heterocycles. The lowest BCUT2D eigenvalue weighted by atomic mass is 9.80. The molecule has 51 heavy (non-hydrogen) atoms. The molecule has 0 amide bonds. The van der Waals surface area contributed by atoms with E-state index >= 15 is 0 Å². The van der Waals surface area contributed by atoms with Crippen molar-refractivity contribution in [1.82, 2.24) is 0 Å². The SMILES string of the molecule is CC1(C)c2cc(-c3ccccc3)ccc2-c2ccc(-c3cc(C=C(c4ccccc4)c4ccccc4)cc(-c4cccc5ccccc45)c3)cc21. The second-order valence-electron chi connectivity index (χ2n) is 14.2. The molecule has 0 heteroatoms. The first-order valence-corrected chi connectivity index (χ1v) is 17.8. The largest absolute Gasteiger partial charge is 0.0622 e. The van der Waals surface area contributed by atoms with E-state index < -0.39 is 0 Å². The van der Waals surface area contributed by atoms with Crippen LogP contribution in [0.15, 0.2) is 188 Å². The van der Waals surface area contributed by atoms with Crippen molar-refractivity contribution in [2.24, 2.45) is 0 Å². The fourth-order valence-corrected chi connectivity index (χ4v) is 8.00. The van der Waals surface area contributed by atoms with Crippen LogP contribution in [0.4, 0.5) is 0 Å². The highest BCUT2D eigenvalue weighted by Crippen LogP contribution is 2.51. The van der Waals surface area contributed by atoms with E-state index in [1.54, 1.807) is 0 Å². The van der Waals surface area contributed by atoms with E-state index in [0.29, 0.717) is 0 Å². The monoisotopic (exact) mass is 650 g/mol. The average Bonchev–Trinajstić information content (AvgIpc) is 3.42. The predicted molar refractivity (Wildman–Crippen MR) is 218 cm³/mol. The lowest BCUT2D eigenvalue weighted by Gasteiger charge is -2.23. The van der Waals surface area contributed by atoms with Crippen LogP contribution in [-0.4, -0.2) is 0 Å². The summed E-state index contributed by atoms with van der Waals surface area (Å²) in [5, 5.41) is 2.51. The highest BCUT2D eigenvalue weighted by Gasteiger charge is 2.36. The second kappa shape index (κ2) is 12.6. The second-order valence-corrected chi connectivity index (χ2v) is 14.2. The zero-order valence-electron chi connectivity index (χ0n) is 29.0. The van der Waals surface area contributed by atoms with Gasteiger partial charge in [-0.05, 0) is 125 Å². The van der Waals surface area contributed by atoms with Crippen LogP contribution in [0.3, 0.4) is 0 Å². The summed E-state index contributed by atoms with van der Waals surface area (Å²) in [7, 11) is 0. The molecule has 1 aliphatic rings. The van der Waals surface area contributed by atoms with Gasteiger partial charge >= 0.3 is 0 Å². The Bertz CT molecular complexity index is 2520. The molecule has 0 saturated carbocycles. The van der Waals surface area contributed by atoms with Gasteiger partial charge in [0.1, 0.15) is 0 Å². The van der Waals surface area contributed by atoms with Crippen molar-refractivity contribution in [2.75, 3.05) is 0 Å². The van der Waals surface area contributed by atoms with Crippen molar-refractivity contribution in [3.05, 3.63) is 216 Å². The first kappa shape index (κ1) is 30.8. The Hall–Kier alpha value is -6.24. The van der Waals surface area contributed by atoms with Gasteiger partial charge in [-0.2, -0.15) is 0 Å². The van der Waals surface area contributed by atoms with E-state index in [-0.39, 0.29) is 5.41 Å². The molecular formula is C51H38. The molecule has 9 rings (SSSR count). The number of benzene rings is 8. The summed E-state index contributed by atoms with van der Waals surface area (Å²) >= 11 is 0. The zero-order valence-corrected chi connectivity index (χ0v) is 29.0. The number of rotatable bonds is 6. The van der Waals surface area contributed by atoms with E-state index in [2.05, 4.69) is 208 Å². The van der Waals surface area contributed by atoms with E-state index in [1.165, 1.54) is 88.7 Å². The van der Waals surface area contributed by atoms with Gasteiger partial charge in [0.05, 0.1) is 0 Å². The van der Waals surface area contributed by atoms with Crippen LogP contribution in [0.1, 0.15) is 41.7 Å². The van der Waals surface area contributed by atoms with E-state index in [0.717, 1.165) is 0 Å². The Kier molecular flexibility index (Phi) is 7.59. The minimum absolute atomic E-state index is 0.130. The van der Waals surface area contributed by atoms with Crippen LogP contribution in [0.5, 0.6) is 0 Å². The van der Waals surface area contributed by atoms with Gasteiger partial charge in [0.25, 0.3) is 0 Å². The van der Waals surface area contributed by atoms with Crippen molar-refractivity contribution >= 4 is 22.4 Å². The van der Waals surface area contributed by atoms with Gasteiger partial charge in [-0.1, -0.05) is 172 Å². The minimum atomic E-state index is -0.130. The molecule has 0 N–H and O–H groups in total. The van der Waals surface area contributed by atoms with E-state index in [1.807, 2.05) is 0 Å². The van der Waals surface area contributed by atoms with Crippen LogP contribution < -0.4 is 0 Å². The third-order valence-electron chi connectivity index (χ3n) is 10.7. The minimum Gasteiger partial charge on any atom is -0.0622 e. The molecule has 0 unspecified atom stereocenters. The molecule has 0 aliphatic heterocycles. The molecule has 242 valence electrons. The Morgan fingerprint density at radius 3 is 1.57 bits per heavy atom. The lowest BCUT2D eigenvalue weighted by Crippen LogP contribution is -2.15. The van der Waals surface area contributed by atoms with Gasteiger partial charge in [-0.15, -0.1) is 0 Å². The number of fused-ring (bicyclic) bond motifs is 4. The van der Waals surface area contributed by atoms with Crippen molar-refractivity contribution in [3.63, 3.8) is 0 Å². The standard InChI is InChI=1S/C51H38/c1-51(2)49-33-40(36-15-6-3-7-16-36)25-27-46(49)47-28-26-41(34-50(47)51)42-29-35(30-43(32-42)45-24-14-22-37-21-12-13-23-44(37)45)31-48(38-17-8-4-9-18-38)39-19-10-5-11-20-39/h3-34H,1-2H3. The third-order valence-corrected chi connectivity index (χ3v) is 10.7. The summed E-state index contributed by atoms with van der Waals surface area (Å²) in [5.74, 6) is 0. The molecule has 0 radical (unpaired) electrons. The summed E-state index contributed by atoms with van der Waals surface area (Å²) in [6.45, 7) is 4.76. The molecule has 0 bridgehead atoms. The highest BCUT2D eigenvalue weighted by atomic mass is 14.4. The molecular weight excluding hydrogens is 613 g/mol. The summed E-state index contributed by atoms with van der Waals surface area (Å²) < 4.78 is 0. The van der Waals surface area contributed by atoms with Crippen LogP contribution in [0, 0.1) is 0 Å². The molecule has 0 nitrogen and oxygen atoms in total. The lowest BCUT2D eigenvalue weighted by molar-refractivity contribution is 0.661. The van der Waals surface area contributed by atoms with Gasteiger partial charge in [-0.3, -0.25) is 0 Å². The summed E-state index contributed by atoms with van der Waals surface area (Å²) in [4.78, 5) is 0. The Morgan fingerprint density at radius 1 is 0.392 bits per heavy atom. The highest BCUT2D eigenvalue weighted by molar-refractivity contribution is 5.99. The van der Waals surface area contributed by atoms with Crippen molar-refractivity contribution < 1.29 is 0 Å². The molecule has 0 spiro atoms. The van der Waals surface area contributed by atoms with Crippen LogP contribution in [0.2, 0.25) is 0 Å². The topological polar surface area (TPSA) is 0 Å². The normalized spacial score (nSPS) is 12.7. The molecule has 0 heterocycles. The smallest absolute Gasteiger partial charge is 0.0159 e. The maximum absolute atomic E-state index is 2.45. The third kappa shape index (κ3) is 5.60. The van der Waals surface area contributed by atoms with Crippen molar-refractivity contribution in [2.45, 2.75) is 19.3 Å². The summed E-state index contributed by atoms with van der Waals surface area (Å²) in [6.07, 6.45) is 2.36. The Morgan fingerprint density at radius 2 is 0.922 bits per heavy atom. The van der Waals surface area contributed by atoms with Gasteiger partial charge in [0.15, 0.2) is 0 Å². The zero-order chi connectivity index (χ0) is 34.4. The first-order valence-electron chi connectivity index (χ1n) is 17.8. The van der Waals surface area contributed by atoms with Gasteiger partial charge in [0.2, 0.25) is 0 Å². The van der Waals surface area contributed by atoms with Crippen molar-refractivity contribution in [3.8, 4) is 44.5 Å². The molecule has 0 fully saturated rings. The van der Waals surface area contributed by atoms with Crippen LogP contribution >= 0.6 is 0 Å². The van der Waals surface area contributed by atoms with E-state index in [9.17, 15) is 0 Å². The average molecular weight is 651 g/mol. The maximum Gasteiger partial charge on any atom is 0.0159 e. The van der Waals surface area contributed by atoms with Crippen molar-refractivity contribution in [1.29, 1.82) is 0 Å². The molecule has 0 aromatic heterocycles. The van der Waals surface area contributed by atoms with E-state index in [4.69, 9.17) is 0 Å².